The maximum Gasteiger partial charge on any atom is 0.242 e. The first kappa shape index (κ1) is 28.2. The van der Waals surface area contributed by atoms with Gasteiger partial charge in [-0.3, -0.25) is 0 Å². The minimum atomic E-state index is 0.167. The summed E-state index contributed by atoms with van der Waals surface area (Å²) in [6.45, 7) is 0.726. The van der Waals surface area contributed by atoms with Crippen LogP contribution in [0.15, 0.2) is 182 Å². The van der Waals surface area contributed by atoms with Crippen LogP contribution in [0.5, 0.6) is 0 Å². The fraction of sp³-hybridized carbons (Fsp3) is 0. The highest BCUT2D eigenvalue weighted by molar-refractivity contribution is 7.17. The van der Waals surface area contributed by atoms with Gasteiger partial charge in [0.1, 0.15) is 0 Å². The van der Waals surface area contributed by atoms with Gasteiger partial charge in [-0.25, -0.2) is 0 Å². The van der Waals surface area contributed by atoms with E-state index in [1.165, 1.54) is 87.8 Å². The molecule has 0 bridgehead atoms. The molecule has 0 amide bonds. The van der Waals surface area contributed by atoms with Gasteiger partial charge < -0.3 is 0 Å². The highest BCUT2D eigenvalue weighted by atomic mass is 14.3. The zero-order chi connectivity index (χ0) is 32.8. The van der Waals surface area contributed by atoms with Crippen LogP contribution in [0.2, 0.25) is 0 Å². The normalized spacial score (nSPS) is 14.9. The van der Waals surface area contributed by atoms with Crippen LogP contribution in [0.3, 0.4) is 0 Å². The minimum absolute atomic E-state index is 0.167. The molecule has 11 rings (SSSR count). The van der Waals surface area contributed by atoms with Crippen molar-refractivity contribution in [2.24, 2.45) is 0 Å². The van der Waals surface area contributed by atoms with E-state index in [2.05, 4.69) is 182 Å². The predicted octanol–water partition coefficient (Wildman–Crippen LogP) is 4.16. The van der Waals surface area contributed by atoms with Crippen molar-refractivity contribution in [3.8, 4) is 0 Å². The lowest BCUT2D eigenvalue weighted by Crippen LogP contribution is -2.49. The van der Waals surface area contributed by atoms with Crippen molar-refractivity contribution in [3.63, 3.8) is 0 Å². The predicted molar refractivity (Wildman–Crippen MR) is 219 cm³/mol. The summed E-state index contributed by atoms with van der Waals surface area (Å²) in [7, 11) is 0. The van der Waals surface area contributed by atoms with Crippen LogP contribution in [-0.4, -0.2) is 26.9 Å². The molecule has 4 aliphatic heterocycles. The molecule has 50 heavy (non-hydrogen) atoms. The quantitative estimate of drug-likeness (QED) is 0.258. The molecule has 0 N–H and O–H groups in total. The van der Waals surface area contributed by atoms with E-state index in [4.69, 9.17) is 0 Å². The van der Waals surface area contributed by atoms with Gasteiger partial charge in [-0.05, 0) is 22.3 Å². The van der Waals surface area contributed by atoms with Crippen molar-refractivity contribution >= 4 is 92.4 Å². The van der Waals surface area contributed by atoms with Crippen LogP contribution in [0.25, 0.3) is 21.9 Å². The molecule has 0 aromatic heterocycles. The molecular formula is C46H30B4. The first-order valence-electron chi connectivity index (χ1n) is 17.9. The van der Waals surface area contributed by atoms with Gasteiger partial charge in [-0.1, -0.05) is 248 Å². The lowest BCUT2D eigenvalue weighted by atomic mass is 9.34. The molecule has 4 aliphatic rings. The molecule has 7 aromatic carbocycles. The molecule has 0 saturated carbocycles. The Kier molecular flexibility index (Phi) is 6.13. The Morgan fingerprint density at radius 1 is 0.220 bits per heavy atom. The number of hydrogen-bond acceptors (Lipinski definition) is 0. The number of fused-ring (bicyclic) bond motifs is 8. The number of hydrogen-bond donors (Lipinski definition) is 0. The van der Waals surface area contributed by atoms with Gasteiger partial charge in [0, 0.05) is 0 Å². The second kappa shape index (κ2) is 10.9. The summed E-state index contributed by atoms with van der Waals surface area (Å²) in [5.41, 5.74) is 22.8. The molecule has 7 aromatic rings. The Morgan fingerprint density at radius 3 is 0.820 bits per heavy atom. The molecule has 4 heteroatoms. The molecule has 4 heterocycles. The van der Waals surface area contributed by atoms with E-state index in [1.54, 1.807) is 0 Å². The fourth-order valence-corrected chi connectivity index (χ4v) is 9.98. The van der Waals surface area contributed by atoms with Gasteiger partial charge in [-0.15, -0.1) is 0 Å². The summed E-state index contributed by atoms with van der Waals surface area (Å²) >= 11 is 0. The summed E-state index contributed by atoms with van der Waals surface area (Å²) < 4.78 is 0. The van der Waals surface area contributed by atoms with Crippen LogP contribution < -0.4 is 43.7 Å². The molecule has 0 fully saturated rings. The van der Waals surface area contributed by atoms with E-state index < -0.39 is 0 Å². The Balaban J connectivity index is 1.22. The number of rotatable bonds is 4. The maximum absolute atomic E-state index is 2.63. The molecule has 0 unspecified atom stereocenters. The van der Waals surface area contributed by atoms with Crippen molar-refractivity contribution in [2.75, 3.05) is 0 Å². The van der Waals surface area contributed by atoms with Gasteiger partial charge >= 0.3 is 0 Å². The summed E-state index contributed by atoms with van der Waals surface area (Å²) in [4.78, 5) is 0. The van der Waals surface area contributed by atoms with Crippen molar-refractivity contribution in [3.05, 3.63) is 204 Å². The van der Waals surface area contributed by atoms with Gasteiger partial charge in [0.15, 0.2) is 0 Å². The lowest BCUT2D eigenvalue weighted by Gasteiger charge is -2.23. The summed E-state index contributed by atoms with van der Waals surface area (Å²) in [5, 5.41) is 0. The minimum Gasteiger partial charge on any atom is -0.0686 e. The van der Waals surface area contributed by atoms with Crippen molar-refractivity contribution in [2.45, 2.75) is 0 Å². The third-order valence-electron chi connectivity index (χ3n) is 11.8. The van der Waals surface area contributed by atoms with Gasteiger partial charge in [0.05, 0.1) is 0 Å². The van der Waals surface area contributed by atoms with Crippen LogP contribution in [-0.2, 0) is 0 Å². The van der Waals surface area contributed by atoms with Crippen molar-refractivity contribution < 1.29 is 0 Å². The topological polar surface area (TPSA) is 0 Å². The molecule has 226 valence electrons. The first-order valence-corrected chi connectivity index (χ1v) is 17.9. The molecule has 0 spiro atoms. The van der Waals surface area contributed by atoms with E-state index in [0.29, 0.717) is 0 Å². The molecule has 0 atom stereocenters. The largest absolute Gasteiger partial charge is 0.242 e. The third-order valence-corrected chi connectivity index (χ3v) is 11.8. The molecule has 0 nitrogen and oxygen atoms in total. The molecular weight excluding hydrogens is 596 g/mol. The Hall–Kier alpha value is -5.72. The SMILES string of the molecule is c1ccc(B2C3=C(B(c4ccccc4)c4ccccc43)c3cc4c(cc32)C2=C(B4c3ccccc3)c3ccccc3B2c2ccccc2)cc1. The van der Waals surface area contributed by atoms with Crippen molar-refractivity contribution in [1.82, 2.24) is 0 Å². The zero-order valence-corrected chi connectivity index (χ0v) is 27.6. The monoisotopic (exact) mass is 626 g/mol. The van der Waals surface area contributed by atoms with Gasteiger partial charge in [0.25, 0.3) is 0 Å². The average molecular weight is 626 g/mol. The van der Waals surface area contributed by atoms with E-state index in [9.17, 15) is 0 Å². The summed E-state index contributed by atoms with van der Waals surface area (Å²) in [5.74, 6) is 0. The van der Waals surface area contributed by atoms with Gasteiger partial charge in [0.2, 0.25) is 26.9 Å². The average Bonchev–Trinajstić information content (AvgIpc) is 3.90. The van der Waals surface area contributed by atoms with E-state index in [-0.39, 0.29) is 26.9 Å². The van der Waals surface area contributed by atoms with Crippen LogP contribution in [0, 0.1) is 0 Å². The van der Waals surface area contributed by atoms with Crippen molar-refractivity contribution in [1.29, 1.82) is 0 Å². The Labute approximate surface area is 295 Å². The molecule has 0 radical (unpaired) electrons. The Morgan fingerprint density at radius 2 is 0.480 bits per heavy atom. The van der Waals surface area contributed by atoms with Crippen LogP contribution in [0.1, 0.15) is 22.3 Å². The van der Waals surface area contributed by atoms with E-state index >= 15 is 0 Å². The van der Waals surface area contributed by atoms with E-state index in [1.807, 2.05) is 0 Å². The van der Waals surface area contributed by atoms with Gasteiger partial charge in [-0.2, -0.15) is 0 Å². The highest BCUT2D eigenvalue weighted by Gasteiger charge is 2.51. The smallest absolute Gasteiger partial charge is 0.0686 e. The Bertz CT molecular complexity index is 2360. The third kappa shape index (κ3) is 3.88. The second-order valence-corrected chi connectivity index (χ2v) is 14.2. The zero-order valence-electron chi connectivity index (χ0n) is 27.6. The standard InChI is InChI=1S/C46H30B4/c1-5-17-31(18-6-1)47-39-27-15-13-25-35(39)43-45(47)37-29-42-38(30-41(37)49(43)33-21-9-3-10-22-33)46-44(50(42)34-23-11-4-12-24-34)36-26-14-16-28-40(36)48(46)32-19-7-2-8-20-32/h1-30H. The summed E-state index contributed by atoms with van der Waals surface area (Å²) in [6, 6.07) is 68.5. The first-order chi connectivity index (χ1) is 24.9. The van der Waals surface area contributed by atoms with Crippen LogP contribution in [0.4, 0.5) is 0 Å². The molecule has 0 saturated heterocycles. The second-order valence-electron chi connectivity index (χ2n) is 14.2. The van der Waals surface area contributed by atoms with E-state index in [0.717, 1.165) is 0 Å². The number of benzene rings is 7. The molecule has 0 aliphatic carbocycles. The summed E-state index contributed by atoms with van der Waals surface area (Å²) in [6.07, 6.45) is 0. The lowest BCUT2D eigenvalue weighted by molar-refractivity contribution is 1.68. The maximum atomic E-state index is 2.63. The fourth-order valence-electron chi connectivity index (χ4n) is 9.98. The van der Waals surface area contributed by atoms with Crippen LogP contribution >= 0.6 is 0 Å². The highest BCUT2D eigenvalue weighted by Crippen LogP contribution is 2.44.